The number of rotatable bonds is 3. The summed E-state index contributed by atoms with van der Waals surface area (Å²) in [7, 11) is -0.409. The zero-order valence-electron chi connectivity index (χ0n) is 11.2. The van der Waals surface area contributed by atoms with Gasteiger partial charge in [-0.1, -0.05) is 0 Å². The Balaban J connectivity index is 0.00000289. The van der Waals surface area contributed by atoms with Gasteiger partial charge in [0.05, 0.1) is 0 Å². The first-order chi connectivity index (χ1) is 7.76. The van der Waals surface area contributed by atoms with Gasteiger partial charge in [-0.3, -0.25) is 4.79 Å². The first kappa shape index (κ1) is 17.6. The molecule has 1 N–H and O–H groups in total. The van der Waals surface area contributed by atoms with E-state index in [1.807, 2.05) is 6.92 Å². The number of piperazine rings is 1. The number of carbonyl (C=O) groups is 1. The quantitative estimate of drug-likeness (QED) is 0.763. The molecule has 8 heteroatoms. The highest BCUT2D eigenvalue weighted by molar-refractivity contribution is 7.90. The number of nitrogens with zero attached hydrogens (tertiary/aromatic N) is 2. The summed E-state index contributed by atoms with van der Waals surface area (Å²) in [4.78, 5) is 13.0. The molecule has 0 aliphatic carbocycles. The molecule has 0 saturated carbocycles. The van der Waals surface area contributed by atoms with E-state index in [9.17, 15) is 13.2 Å². The van der Waals surface area contributed by atoms with Crippen LogP contribution < -0.4 is 5.32 Å². The molecule has 108 valence electrons. The molecule has 2 unspecified atom stereocenters. The smallest absolute Gasteiger partial charge is 0.241 e. The van der Waals surface area contributed by atoms with Crippen LogP contribution in [-0.2, 0) is 14.8 Å². The van der Waals surface area contributed by atoms with Crippen molar-refractivity contribution in [1.82, 2.24) is 14.5 Å². The molecule has 1 heterocycles. The molecule has 6 nitrogen and oxygen atoms in total. The minimum Gasteiger partial charge on any atom is -0.348 e. The third-order valence-corrected chi connectivity index (χ3v) is 5.07. The average Bonchev–Trinajstić information content (AvgIpc) is 2.26. The van der Waals surface area contributed by atoms with Crippen LogP contribution in [0.4, 0.5) is 0 Å². The number of sulfonamides is 1. The largest absolute Gasteiger partial charge is 0.348 e. The summed E-state index contributed by atoms with van der Waals surface area (Å²) in [6, 6.07) is 0.125. The highest BCUT2D eigenvalue weighted by Crippen LogP contribution is 2.13. The molecular formula is C10H22ClN3O3S. The summed E-state index contributed by atoms with van der Waals surface area (Å²) in [5, 5.41) is 2.16. The third kappa shape index (κ3) is 3.81. The van der Waals surface area contributed by atoms with Gasteiger partial charge >= 0.3 is 0 Å². The van der Waals surface area contributed by atoms with E-state index < -0.39 is 15.3 Å². The fourth-order valence-electron chi connectivity index (χ4n) is 1.84. The molecule has 0 aromatic heterocycles. The van der Waals surface area contributed by atoms with Crippen LogP contribution in [0.15, 0.2) is 0 Å². The van der Waals surface area contributed by atoms with E-state index in [-0.39, 0.29) is 24.4 Å². The molecule has 0 bridgehead atoms. The maximum absolute atomic E-state index is 12.2. The van der Waals surface area contributed by atoms with Gasteiger partial charge in [0.25, 0.3) is 0 Å². The Kier molecular flexibility index (Phi) is 6.56. The lowest BCUT2D eigenvalue weighted by Crippen LogP contribution is -2.54. The van der Waals surface area contributed by atoms with Crippen molar-refractivity contribution < 1.29 is 13.2 Å². The molecule has 0 spiro atoms. The second-order valence-electron chi connectivity index (χ2n) is 4.63. The summed E-state index contributed by atoms with van der Waals surface area (Å²) < 4.78 is 25.9. The first-order valence-electron chi connectivity index (χ1n) is 5.70. The molecule has 1 fully saturated rings. The summed E-state index contributed by atoms with van der Waals surface area (Å²) in [5.41, 5.74) is 0. The lowest BCUT2D eigenvalue weighted by atomic mass is 10.3. The van der Waals surface area contributed by atoms with Crippen LogP contribution in [0.5, 0.6) is 0 Å². The number of hydrogen-bond donors (Lipinski definition) is 1. The van der Waals surface area contributed by atoms with Gasteiger partial charge in [0, 0.05) is 39.8 Å². The van der Waals surface area contributed by atoms with E-state index in [1.54, 1.807) is 14.1 Å². The van der Waals surface area contributed by atoms with Crippen molar-refractivity contribution in [2.45, 2.75) is 25.1 Å². The first-order valence-corrected chi connectivity index (χ1v) is 7.20. The zero-order chi connectivity index (χ0) is 13.2. The van der Waals surface area contributed by atoms with Crippen LogP contribution in [0.2, 0.25) is 0 Å². The van der Waals surface area contributed by atoms with Gasteiger partial charge in [-0.25, -0.2) is 8.42 Å². The number of halogens is 1. The highest BCUT2D eigenvalue weighted by atomic mass is 35.5. The predicted molar refractivity (Wildman–Crippen MR) is 73.4 cm³/mol. The van der Waals surface area contributed by atoms with Crippen LogP contribution in [0.25, 0.3) is 0 Å². The number of amides is 1. The number of hydrogen-bond acceptors (Lipinski definition) is 4. The van der Waals surface area contributed by atoms with Crippen molar-refractivity contribution in [2.24, 2.45) is 0 Å². The Labute approximate surface area is 115 Å². The van der Waals surface area contributed by atoms with Crippen LogP contribution in [0, 0.1) is 0 Å². The maximum Gasteiger partial charge on any atom is 0.241 e. The molecule has 0 aromatic carbocycles. The van der Waals surface area contributed by atoms with E-state index in [2.05, 4.69) is 5.32 Å². The molecule has 18 heavy (non-hydrogen) atoms. The van der Waals surface area contributed by atoms with Gasteiger partial charge in [0.2, 0.25) is 15.9 Å². The maximum atomic E-state index is 12.2. The second kappa shape index (κ2) is 6.70. The van der Waals surface area contributed by atoms with E-state index in [0.29, 0.717) is 19.6 Å². The average molecular weight is 300 g/mol. The lowest BCUT2D eigenvalue weighted by Gasteiger charge is -2.33. The van der Waals surface area contributed by atoms with Crippen molar-refractivity contribution in [1.29, 1.82) is 0 Å². The van der Waals surface area contributed by atoms with Gasteiger partial charge in [0.15, 0.2) is 5.25 Å². The summed E-state index contributed by atoms with van der Waals surface area (Å²) in [5.74, 6) is -0.379. The van der Waals surface area contributed by atoms with Gasteiger partial charge in [0.1, 0.15) is 0 Å². The minimum atomic E-state index is -3.54. The van der Waals surface area contributed by atoms with Gasteiger partial charge < -0.3 is 10.2 Å². The Morgan fingerprint density at radius 1 is 1.44 bits per heavy atom. The van der Waals surface area contributed by atoms with Gasteiger partial charge in [-0.15, -0.1) is 12.4 Å². The molecule has 1 saturated heterocycles. The Bertz CT molecular complexity index is 386. The summed E-state index contributed by atoms with van der Waals surface area (Å²) >= 11 is 0. The predicted octanol–water partition coefficient (Wildman–Crippen LogP) is -0.492. The van der Waals surface area contributed by atoms with E-state index in [4.69, 9.17) is 0 Å². The van der Waals surface area contributed by atoms with Crippen molar-refractivity contribution in [3.05, 3.63) is 0 Å². The second-order valence-corrected chi connectivity index (χ2v) is 6.89. The molecular weight excluding hydrogens is 278 g/mol. The van der Waals surface area contributed by atoms with Gasteiger partial charge in [-0.2, -0.15) is 4.31 Å². The third-order valence-electron chi connectivity index (χ3n) is 2.93. The number of nitrogens with one attached hydrogen (secondary N) is 1. The molecule has 1 rings (SSSR count). The van der Waals surface area contributed by atoms with Gasteiger partial charge in [-0.05, 0) is 13.8 Å². The fraction of sp³-hybridized carbons (Fsp3) is 0.900. The summed E-state index contributed by atoms with van der Waals surface area (Å²) in [6.07, 6.45) is 0. The zero-order valence-corrected chi connectivity index (χ0v) is 12.8. The monoisotopic (exact) mass is 299 g/mol. The van der Waals surface area contributed by atoms with E-state index in [1.165, 1.54) is 16.1 Å². The van der Waals surface area contributed by atoms with Crippen LogP contribution in [0.1, 0.15) is 13.8 Å². The van der Waals surface area contributed by atoms with Crippen molar-refractivity contribution in [2.75, 3.05) is 33.7 Å². The SMILES string of the molecule is CC1CN(S(=O)(=O)C(C)C(=O)N(C)C)CCN1.Cl. The van der Waals surface area contributed by atoms with Crippen molar-refractivity contribution >= 4 is 28.3 Å². The van der Waals surface area contributed by atoms with E-state index in [0.717, 1.165) is 0 Å². The van der Waals surface area contributed by atoms with Crippen LogP contribution in [0.3, 0.4) is 0 Å². The fourth-order valence-corrected chi connectivity index (χ4v) is 3.53. The lowest BCUT2D eigenvalue weighted by molar-refractivity contribution is -0.128. The van der Waals surface area contributed by atoms with Crippen molar-refractivity contribution in [3.8, 4) is 0 Å². The molecule has 0 radical (unpaired) electrons. The number of carbonyl (C=O) groups excluding carboxylic acids is 1. The van der Waals surface area contributed by atoms with Crippen LogP contribution >= 0.6 is 12.4 Å². The Morgan fingerprint density at radius 2 is 2.00 bits per heavy atom. The molecule has 1 aliphatic heterocycles. The Hall–Kier alpha value is -0.370. The Morgan fingerprint density at radius 3 is 2.44 bits per heavy atom. The van der Waals surface area contributed by atoms with Crippen LogP contribution in [-0.4, -0.2) is 68.6 Å². The van der Waals surface area contributed by atoms with E-state index >= 15 is 0 Å². The van der Waals surface area contributed by atoms with Crippen molar-refractivity contribution in [3.63, 3.8) is 0 Å². The molecule has 1 aliphatic rings. The normalized spacial score (nSPS) is 23.0. The topological polar surface area (TPSA) is 69.7 Å². The molecule has 1 amide bonds. The molecule has 2 atom stereocenters. The highest BCUT2D eigenvalue weighted by Gasteiger charge is 2.36. The standard InChI is InChI=1S/C10H21N3O3S.ClH/c1-8-7-13(6-5-11-8)17(15,16)9(2)10(14)12(3)4;/h8-9,11H,5-7H2,1-4H3;1H. The minimum absolute atomic E-state index is 0. The molecule has 0 aromatic rings. The summed E-state index contributed by atoms with van der Waals surface area (Å²) in [6.45, 7) is 4.86.